The largest absolute Gasteiger partial charge is 0.469 e. The van der Waals surface area contributed by atoms with Crippen molar-refractivity contribution < 1.29 is 29.3 Å². The van der Waals surface area contributed by atoms with Crippen LogP contribution in [0.2, 0.25) is 0 Å². The van der Waals surface area contributed by atoms with Crippen LogP contribution in [0.4, 0.5) is 0 Å². The van der Waals surface area contributed by atoms with Gasteiger partial charge in [-0.3, -0.25) is 19.6 Å². The average molecular weight is 685 g/mol. The molecule has 10 heteroatoms. The third-order valence-electron chi connectivity index (χ3n) is 11.5. The standard InChI is InChI=1S/C40H52N4O6/c1-9-11-12-13-16-50-24(6)35-22(4)28-18-27-21(3)25(14-15-34(46)49-8)37(42-27)26-17-31(45)36-23(5)29(43-38(26)36)19-33-40(48,10-2)39(7,47)32(44-33)20-30(35)41-28/h18-21,24-25,41,43,47-48H,9-17H2,1-8H3/t21-,24?,25-,39?,40?/m0/s1. The molecule has 4 N–H and O–H groups in total. The Morgan fingerprint density at radius 2 is 1.74 bits per heavy atom. The van der Waals surface area contributed by atoms with Crippen LogP contribution in [-0.4, -0.2) is 55.6 Å². The maximum absolute atomic E-state index is 13.6. The zero-order valence-corrected chi connectivity index (χ0v) is 30.7. The van der Waals surface area contributed by atoms with Crippen molar-refractivity contribution in [3.63, 3.8) is 0 Å². The van der Waals surface area contributed by atoms with E-state index in [4.69, 9.17) is 19.4 Å². The fourth-order valence-corrected chi connectivity index (χ4v) is 8.24. The van der Waals surface area contributed by atoms with Gasteiger partial charge in [-0.15, -0.1) is 0 Å². The highest BCUT2D eigenvalue weighted by Crippen LogP contribution is 2.48. The van der Waals surface area contributed by atoms with Crippen molar-refractivity contribution in [3.05, 3.63) is 68.8 Å². The predicted molar refractivity (Wildman–Crippen MR) is 193 cm³/mol. The van der Waals surface area contributed by atoms with Gasteiger partial charge in [-0.2, -0.15) is 0 Å². The minimum atomic E-state index is -1.71. The zero-order chi connectivity index (χ0) is 36.1. The molecule has 5 atom stereocenters. The van der Waals surface area contributed by atoms with E-state index in [2.05, 4.69) is 36.8 Å². The van der Waals surface area contributed by atoms with Gasteiger partial charge >= 0.3 is 5.97 Å². The molecule has 0 saturated heterocycles. The number of fused-ring (bicyclic) bond motifs is 8. The summed E-state index contributed by atoms with van der Waals surface area (Å²) in [6.07, 6.45) is 5.33. The van der Waals surface area contributed by atoms with Gasteiger partial charge in [0.2, 0.25) is 0 Å². The molecule has 0 saturated carbocycles. The molecule has 0 amide bonds. The Hall–Kier alpha value is -3.86. The van der Waals surface area contributed by atoms with Crippen molar-refractivity contribution in [2.45, 2.75) is 129 Å². The molecule has 6 rings (SSSR count). The Morgan fingerprint density at radius 3 is 2.44 bits per heavy atom. The predicted octanol–water partition coefficient (Wildman–Crippen LogP) is 7.67. The smallest absolute Gasteiger partial charge is 0.305 e. The molecular weight excluding hydrogens is 632 g/mol. The first-order valence-corrected chi connectivity index (χ1v) is 18.2. The van der Waals surface area contributed by atoms with E-state index in [0.717, 1.165) is 63.9 Å². The molecule has 10 nitrogen and oxygen atoms in total. The van der Waals surface area contributed by atoms with Crippen molar-refractivity contribution in [1.29, 1.82) is 0 Å². The van der Waals surface area contributed by atoms with Gasteiger partial charge in [-0.1, -0.05) is 40.0 Å². The van der Waals surface area contributed by atoms with Gasteiger partial charge in [-0.05, 0) is 76.3 Å². The van der Waals surface area contributed by atoms with Crippen LogP contribution < -0.4 is 0 Å². The summed E-state index contributed by atoms with van der Waals surface area (Å²) in [5.41, 5.74) is 6.00. The summed E-state index contributed by atoms with van der Waals surface area (Å²) in [6, 6.07) is 5.65. The van der Waals surface area contributed by atoms with Crippen molar-refractivity contribution in [3.8, 4) is 0 Å². The molecule has 5 heterocycles. The van der Waals surface area contributed by atoms with Crippen LogP contribution in [-0.2, 0) is 31.9 Å². The van der Waals surface area contributed by atoms with Crippen molar-refractivity contribution in [2.24, 2.45) is 0 Å². The van der Waals surface area contributed by atoms with Gasteiger partial charge in [0.1, 0.15) is 11.2 Å². The third-order valence-corrected chi connectivity index (χ3v) is 11.5. The van der Waals surface area contributed by atoms with E-state index >= 15 is 0 Å². The lowest BCUT2D eigenvalue weighted by atomic mass is 9.80. The van der Waals surface area contributed by atoms with Crippen molar-refractivity contribution >= 4 is 33.8 Å². The van der Waals surface area contributed by atoms with Crippen LogP contribution in [0.3, 0.4) is 0 Å². The van der Waals surface area contributed by atoms with Crippen molar-refractivity contribution in [2.75, 3.05) is 13.7 Å². The van der Waals surface area contributed by atoms with Gasteiger partial charge in [0.25, 0.3) is 0 Å². The van der Waals surface area contributed by atoms with Crippen LogP contribution in [0, 0.1) is 13.8 Å². The van der Waals surface area contributed by atoms with Crippen molar-refractivity contribution in [1.82, 2.24) is 19.9 Å². The number of methoxy groups -OCH3 is 1. The van der Waals surface area contributed by atoms with E-state index in [9.17, 15) is 19.8 Å². The highest BCUT2D eigenvalue weighted by molar-refractivity contribution is 6.13. The van der Waals surface area contributed by atoms with E-state index in [1.165, 1.54) is 13.5 Å². The molecule has 2 aliphatic heterocycles. The molecule has 3 aromatic rings. The number of aromatic nitrogens is 4. The van der Waals surface area contributed by atoms with E-state index in [1.54, 1.807) is 13.0 Å². The van der Waals surface area contributed by atoms with E-state index in [-0.39, 0.29) is 49.0 Å². The number of hydrogen-bond donors (Lipinski definition) is 4. The Kier molecular flexibility index (Phi) is 9.85. The summed E-state index contributed by atoms with van der Waals surface area (Å²) >= 11 is 0. The number of rotatable bonds is 11. The SMILES string of the molecule is CCCCCCOC(C)c1c(C)c2cc3nc(c4c5[nH]c(cc6nc(cc1[nH]2)C(C)(O)C6(O)CC)c(C)c5C(=O)C4)[C@@H](CCC(=O)OC)[C@@H]3C. The van der Waals surface area contributed by atoms with Crippen LogP contribution in [0.1, 0.15) is 153 Å². The number of H-pyrrole nitrogens is 2. The van der Waals surface area contributed by atoms with Gasteiger partial charge in [0.15, 0.2) is 5.78 Å². The molecule has 3 aliphatic rings. The van der Waals surface area contributed by atoms with Gasteiger partial charge in [-0.25, -0.2) is 0 Å². The van der Waals surface area contributed by atoms with Gasteiger partial charge in [0, 0.05) is 70.2 Å². The molecule has 0 spiro atoms. The Morgan fingerprint density at radius 1 is 1.02 bits per heavy atom. The van der Waals surface area contributed by atoms with E-state index < -0.39 is 11.2 Å². The quantitative estimate of drug-likeness (QED) is 0.119. The molecule has 0 aromatic carbocycles. The number of aromatic amines is 2. The maximum Gasteiger partial charge on any atom is 0.305 e. The van der Waals surface area contributed by atoms with Crippen LogP contribution >= 0.6 is 0 Å². The van der Waals surface area contributed by atoms with Crippen LogP contribution in [0.5, 0.6) is 0 Å². The lowest BCUT2D eigenvalue weighted by Gasteiger charge is -2.34. The first kappa shape index (κ1) is 35.9. The Bertz CT molecular complexity index is 1990. The topological polar surface area (TPSA) is 150 Å². The number of ketones is 1. The third kappa shape index (κ3) is 5.89. The molecule has 0 fully saturated rings. The lowest BCUT2D eigenvalue weighted by Crippen LogP contribution is -2.43. The molecule has 3 aromatic heterocycles. The van der Waals surface area contributed by atoms with E-state index in [1.807, 2.05) is 26.8 Å². The fourth-order valence-electron chi connectivity index (χ4n) is 8.24. The number of aryl methyl sites for hydroxylation is 2. The zero-order valence-electron chi connectivity index (χ0n) is 30.7. The number of hydrogen-bond acceptors (Lipinski definition) is 8. The molecule has 268 valence electrons. The number of carbonyl (C=O) groups is 2. The summed E-state index contributed by atoms with van der Waals surface area (Å²) in [4.78, 5) is 43.2. The highest BCUT2D eigenvalue weighted by atomic mass is 16.5. The number of esters is 1. The Balaban J connectivity index is 1.67. The monoisotopic (exact) mass is 684 g/mol. The van der Waals surface area contributed by atoms with Crippen LogP contribution in [0.25, 0.3) is 22.1 Å². The molecule has 1 aliphatic carbocycles. The number of Topliss-reactive ketones (excluding diaryl/α,β-unsaturated/α-hetero) is 1. The minimum absolute atomic E-state index is 0.00566. The van der Waals surface area contributed by atoms with E-state index in [0.29, 0.717) is 41.0 Å². The molecular formula is C40H52N4O6. The normalized spacial score (nSPS) is 23.4. The number of carbonyl (C=O) groups excluding carboxylic acids is 2. The molecule has 0 radical (unpaired) electrons. The number of ether oxygens (including phenoxy) is 2. The average Bonchev–Trinajstić information content (AvgIpc) is 3.81. The summed E-state index contributed by atoms with van der Waals surface area (Å²) in [7, 11) is 1.40. The second-order valence-electron chi connectivity index (χ2n) is 14.6. The summed E-state index contributed by atoms with van der Waals surface area (Å²) in [5.74, 6) is -0.437. The van der Waals surface area contributed by atoms with Gasteiger partial charge < -0.3 is 29.7 Å². The molecule has 3 unspecified atom stereocenters. The number of unbranched alkanes of at least 4 members (excludes halogenated alkanes) is 3. The summed E-state index contributed by atoms with van der Waals surface area (Å²) < 4.78 is 11.4. The number of nitrogens with zero attached hydrogens (tertiary/aromatic N) is 2. The highest BCUT2D eigenvalue weighted by Gasteiger charge is 2.53. The summed E-state index contributed by atoms with van der Waals surface area (Å²) in [6.45, 7) is 14.4. The second-order valence-corrected chi connectivity index (χ2v) is 14.6. The maximum atomic E-state index is 13.6. The molecule has 50 heavy (non-hydrogen) atoms. The fraction of sp³-hybridized carbons (Fsp3) is 0.550. The number of aliphatic hydroxyl groups is 2. The summed E-state index contributed by atoms with van der Waals surface area (Å²) in [5, 5.41) is 24.1. The lowest BCUT2D eigenvalue weighted by molar-refractivity contribution is -0.148. The minimum Gasteiger partial charge on any atom is -0.469 e. The molecule has 8 bridgehead atoms. The van der Waals surface area contributed by atoms with Gasteiger partial charge in [0.05, 0.1) is 35.8 Å². The first-order chi connectivity index (χ1) is 23.8. The van der Waals surface area contributed by atoms with Crippen LogP contribution in [0.15, 0.2) is 18.2 Å². The Labute approximate surface area is 294 Å². The first-order valence-electron chi connectivity index (χ1n) is 18.2. The second kappa shape index (κ2) is 13.7. The number of nitrogens with one attached hydrogen (secondary N) is 2.